The molecule has 140 valence electrons. The summed E-state index contributed by atoms with van der Waals surface area (Å²) in [5.74, 6) is 2.24. The topological polar surface area (TPSA) is 52.9 Å². The van der Waals surface area contributed by atoms with Gasteiger partial charge in [-0.15, -0.1) is 0 Å². The number of piperidine rings is 1. The van der Waals surface area contributed by atoms with Crippen LogP contribution in [0.2, 0.25) is 0 Å². The second-order valence-corrected chi connectivity index (χ2v) is 9.50. The molecule has 1 saturated heterocycles. The molecule has 1 aromatic rings. The summed E-state index contributed by atoms with van der Waals surface area (Å²) in [7, 11) is 0. The van der Waals surface area contributed by atoms with Crippen LogP contribution in [0.1, 0.15) is 56.6 Å². The van der Waals surface area contributed by atoms with Crippen molar-refractivity contribution in [1.82, 2.24) is 4.90 Å². The highest BCUT2D eigenvalue weighted by atomic mass is 16.5. The summed E-state index contributed by atoms with van der Waals surface area (Å²) in [5, 5.41) is 22.7. The van der Waals surface area contributed by atoms with E-state index in [0.29, 0.717) is 11.7 Å². The third-order valence-electron chi connectivity index (χ3n) is 8.41. The van der Waals surface area contributed by atoms with Gasteiger partial charge < -0.3 is 14.9 Å². The van der Waals surface area contributed by atoms with Crippen molar-refractivity contribution in [3.63, 3.8) is 0 Å². The Bertz CT molecular complexity index is 775. The molecule has 1 aromatic carbocycles. The summed E-state index contributed by atoms with van der Waals surface area (Å²) in [6.45, 7) is 4.43. The average molecular weight is 355 g/mol. The van der Waals surface area contributed by atoms with E-state index in [1.807, 2.05) is 0 Å². The van der Waals surface area contributed by atoms with E-state index < -0.39 is 5.60 Å². The number of aliphatic hydroxyl groups is 1. The quantitative estimate of drug-likeness (QED) is 0.875. The molecular weight excluding hydrogens is 326 g/mol. The van der Waals surface area contributed by atoms with Gasteiger partial charge in [0, 0.05) is 18.2 Å². The number of nitrogens with zero attached hydrogens (tertiary/aromatic N) is 1. The first-order valence-electron chi connectivity index (χ1n) is 10.6. The Balaban J connectivity index is 1.55. The Kier molecular flexibility index (Phi) is 3.01. The van der Waals surface area contributed by atoms with E-state index in [4.69, 9.17) is 4.74 Å². The molecule has 2 aliphatic heterocycles. The fourth-order valence-electron chi connectivity index (χ4n) is 7.00. The van der Waals surface area contributed by atoms with Crippen molar-refractivity contribution in [3.05, 3.63) is 23.3 Å². The van der Waals surface area contributed by atoms with Crippen molar-refractivity contribution >= 4 is 0 Å². The minimum atomic E-state index is -0.720. The lowest BCUT2D eigenvalue weighted by Gasteiger charge is -2.64. The third kappa shape index (κ3) is 1.69. The van der Waals surface area contributed by atoms with Gasteiger partial charge in [-0.25, -0.2) is 0 Å². The first-order valence-corrected chi connectivity index (χ1v) is 10.6. The SMILES string of the molecule is CCC1CC[C@@]2(O)[C@H]3Cc4ccc(O)c5c4[C@@]2(CCN3CC2CC2)C1O5. The molecule has 0 radical (unpaired) electrons. The summed E-state index contributed by atoms with van der Waals surface area (Å²) in [4.78, 5) is 2.60. The molecule has 0 aromatic heterocycles. The minimum absolute atomic E-state index is 0.0131. The lowest BCUT2D eigenvalue weighted by molar-refractivity contribution is -0.198. The van der Waals surface area contributed by atoms with Crippen LogP contribution in [0.3, 0.4) is 0 Å². The zero-order valence-corrected chi connectivity index (χ0v) is 15.6. The van der Waals surface area contributed by atoms with Gasteiger partial charge in [0.25, 0.3) is 0 Å². The smallest absolute Gasteiger partial charge is 0.165 e. The van der Waals surface area contributed by atoms with Crippen LogP contribution in [0.25, 0.3) is 0 Å². The molecule has 2 N–H and O–H groups in total. The van der Waals surface area contributed by atoms with E-state index >= 15 is 0 Å². The molecule has 1 spiro atoms. The standard InChI is InChI=1S/C22H29NO3/c1-2-14-7-8-22(25)17-11-15-5-6-16(24)19-18(15)21(22,20(14)26-19)9-10-23(17)12-13-3-4-13/h5-6,13-14,17,20,24-25H,2-4,7-12H2,1H3/t14?,17-,20?,21+,22-/m1/s1. The van der Waals surface area contributed by atoms with Crippen molar-refractivity contribution in [1.29, 1.82) is 0 Å². The number of rotatable bonds is 3. The largest absolute Gasteiger partial charge is 0.504 e. The molecule has 4 nitrogen and oxygen atoms in total. The van der Waals surface area contributed by atoms with E-state index in [1.54, 1.807) is 6.07 Å². The van der Waals surface area contributed by atoms with E-state index in [0.717, 1.165) is 56.7 Å². The van der Waals surface area contributed by atoms with Crippen LogP contribution >= 0.6 is 0 Å². The van der Waals surface area contributed by atoms with Gasteiger partial charge in [-0.1, -0.05) is 13.0 Å². The number of hydrogen-bond donors (Lipinski definition) is 2. The van der Waals surface area contributed by atoms with Crippen LogP contribution in [-0.2, 0) is 11.8 Å². The zero-order valence-electron chi connectivity index (χ0n) is 15.6. The summed E-state index contributed by atoms with van der Waals surface area (Å²) in [6.07, 6.45) is 7.53. The lowest BCUT2D eigenvalue weighted by Crippen LogP contribution is -2.76. The predicted molar refractivity (Wildman–Crippen MR) is 98.6 cm³/mol. The summed E-state index contributed by atoms with van der Waals surface area (Å²) >= 11 is 0. The molecule has 3 aliphatic carbocycles. The number of phenols is 1. The second-order valence-electron chi connectivity index (χ2n) is 9.50. The molecule has 6 rings (SSSR count). The molecule has 2 bridgehead atoms. The maximum atomic E-state index is 12.2. The van der Waals surface area contributed by atoms with Crippen LogP contribution in [0.5, 0.6) is 11.5 Å². The van der Waals surface area contributed by atoms with Crippen LogP contribution in [-0.4, -0.2) is 45.9 Å². The average Bonchev–Trinajstić information content (AvgIpc) is 3.37. The first-order chi connectivity index (χ1) is 12.6. The normalized spacial score (nSPS) is 43.1. The van der Waals surface area contributed by atoms with Crippen LogP contribution in [0.15, 0.2) is 12.1 Å². The van der Waals surface area contributed by atoms with Crippen LogP contribution < -0.4 is 4.74 Å². The molecule has 5 atom stereocenters. The highest BCUT2D eigenvalue weighted by Gasteiger charge is 2.72. The van der Waals surface area contributed by atoms with Gasteiger partial charge in [-0.2, -0.15) is 0 Å². The van der Waals surface area contributed by atoms with Gasteiger partial charge in [0.1, 0.15) is 6.10 Å². The predicted octanol–water partition coefficient (Wildman–Crippen LogP) is 2.98. The molecule has 2 heterocycles. The Morgan fingerprint density at radius 1 is 1.23 bits per heavy atom. The Hall–Kier alpha value is -1.26. The fraction of sp³-hybridized carbons (Fsp3) is 0.727. The molecular formula is C22H29NO3. The van der Waals surface area contributed by atoms with Crippen molar-refractivity contribution in [2.45, 2.75) is 75.0 Å². The highest BCUT2D eigenvalue weighted by molar-refractivity contribution is 5.62. The van der Waals surface area contributed by atoms with E-state index in [-0.39, 0.29) is 23.3 Å². The zero-order chi connectivity index (χ0) is 17.7. The van der Waals surface area contributed by atoms with Crippen molar-refractivity contribution < 1.29 is 14.9 Å². The van der Waals surface area contributed by atoms with Crippen LogP contribution in [0, 0.1) is 11.8 Å². The maximum absolute atomic E-state index is 12.2. The molecule has 4 heteroatoms. The van der Waals surface area contributed by atoms with Gasteiger partial charge in [0.2, 0.25) is 0 Å². The highest BCUT2D eigenvalue weighted by Crippen LogP contribution is 2.66. The minimum Gasteiger partial charge on any atom is -0.504 e. The van der Waals surface area contributed by atoms with Crippen molar-refractivity contribution in [2.75, 3.05) is 13.1 Å². The molecule has 2 unspecified atom stereocenters. The Morgan fingerprint density at radius 2 is 2.08 bits per heavy atom. The molecule has 5 aliphatic rings. The second kappa shape index (κ2) is 4.96. The monoisotopic (exact) mass is 355 g/mol. The van der Waals surface area contributed by atoms with Gasteiger partial charge in [-0.3, -0.25) is 4.90 Å². The molecule has 2 saturated carbocycles. The van der Waals surface area contributed by atoms with Gasteiger partial charge in [0.05, 0.1) is 11.0 Å². The van der Waals surface area contributed by atoms with Gasteiger partial charge in [0.15, 0.2) is 11.5 Å². The summed E-state index contributed by atoms with van der Waals surface area (Å²) in [5.41, 5.74) is 1.42. The number of hydrogen-bond acceptors (Lipinski definition) is 4. The van der Waals surface area contributed by atoms with Crippen molar-refractivity contribution in [2.24, 2.45) is 11.8 Å². The summed E-state index contributed by atoms with van der Waals surface area (Å²) in [6, 6.07) is 4.09. The maximum Gasteiger partial charge on any atom is 0.165 e. The number of phenolic OH excluding ortho intramolecular Hbond substituents is 1. The Morgan fingerprint density at radius 3 is 2.85 bits per heavy atom. The number of likely N-dealkylation sites (tertiary alicyclic amines) is 1. The molecule has 0 amide bonds. The molecule has 3 fully saturated rings. The van der Waals surface area contributed by atoms with Crippen molar-refractivity contribution in [3.8, 4) is 11.5 Å². The number of benzene rings is 1. The van der Waals surface area contributed by atoms with Gasteiger partial charge in [-0.05, 0) is 75.0 Å². The van der Waals surface area contributed by atoms with E-state index in [2.05, 4.69) is 17.9 Å². The number of aromatic hydroxyl groups is 1. The van der Waals surface area contributed by atoms with Crippen LogP contribution in [0.4, 0.5) is 0 Å². The lowest BCUT2D eigenvalue weighted by atomic mass is 9.47. The first kappa shape index (κ1) is 15.8. The van der Waals surface area contributed by atoms with E-state index in [9.17, 15) is 10.2 Å². The van der Waals surface area contributed by atoms with Gasteiger partial charge >= 0.3 is 0 Å². The fourth-order valence-corrected chi connectivity index (χ4v) is 7.00. The summed E-state index contributed by atoms with van der Waals surface area (Å²) < 4.78 is 6.48. The Labute approximate surface area is 155 Å². The third-order valence-corrected chi connectivity index (χ3v) is 8.41. The molecule has 26 heavy (non-hydrogen) atoms. The number of ether oxygens (including phenoxy) is 1. The van der Waals surface area contributed by atoms with E-state index in [1.165, 1.54) is 18.4 Å².